The summed E-state index contributed by atoms with van der Waals surface area (Å²) in [5, 5.41) is 22.3. The monoisotopic (exact) mass is 390 g/mol. The van der Waals surface area contributed by atoms with Crippen LogP contribution in [0.25, 0.3) is 11.1 Å². The van der Waals surface area contributed by atoms with E-state index < -0.39 is 0 Å². The third-order valence-corrected chi connectivity index (χ3v) is 4.37. The molecule has 3 aromatic rings. The fourth-order valence-electron chi connectivity index (χ4n) is 2.82. The number of hydrogen-bond donors (Lipinski definition) is 3. The molecule has 0 aliphatic carbocycles. The number of carbonyl (C=O) groups excluding carboxylic acids is 1. The second-order valence-electron chi connectivity index (χ2n) is 6.42. The summed E-state index contributed by atoms with van der Waals surface area (Å²) < 4.78 is 6.01. The van der Waals surface area contributed by atoms with E-state index in [1.54, 1.807) is 18.5 Å². The van der Waals surface area contributed by atoms with Gasteiger partial charge in [-0.3, -0.25) is 9.78 Å². The van der Waals surface area contributed by atoms with E-state index in [9.17, 15) is 15.0 Å². The van der Waals surface area contributed by atoms with Crippen molar-refractivity contribution in [3.63, 3.8) is 0 Å². The van der Waals surface area contributed by atoms with Gasteiger partial charge in [0.1, 0.15) is 12.4 Å². The van der Waals surface area contributed by atoms with Gasteiger partial charge in [0, 0.05) is 24.5 Å². The van der Waals surface area contributed by atoms with Crippen LogP contribution in [0.15, 0.2) is 73.6 Å². The second kappa shape index (κ2) is 9.41. The Hall–Kier alpha value is -3.80. The van der Waals surface area contributed by atoms with Crippen molar-refractivity contribution in [3.8, 4) is 28.4 Å². The average Bonchev–Trinajstić information content (AvgIpc) is 2.75. The lowest BCUT2D eigenvalue weighted by Gasteiger charge is -2.14. The van der Waals surface area contributed by atoms with Crippen LogP contribution in [0.2, 0.25) is 0 Å². The lowest BCUT2D eigenvalue weighted by Crippen LogP contribution is -2.23. The van der Waals surface area contributed by atoms with Gasteiger partial charge >= 0.3 is 0 Å². The van der Waals surface area contributed by atoms with Crippen LogP contribution in [-0.2, 0) is 17.8 Å². The van der Waals surface area contributed by atoms with Crippen LogP contribution in [0.5, 0.6) is 17.2 Å². The first-order chi connectivity index (χ1) is 14.1. The lowest BCUT2D eigenvalue weighted by molar-refractivity contribution is -0.116. The van der Waals surface area contributed by atoms with Crippen molar-refractivity contribution in [3.05, 3.63) is 84.7 Å². The number of aromatic hydroxyl groups is 2. The zero-order chi connectivity index (χ0) is 20.6. The largest absolute Gasteiger partial charge is 0.504 e. The molecule has 1 amide bonds. The summed E-state index contributed by atoms with van der Waals surface area (Å²) in [5.74, 6) is 0.0410. The topological polar surface area (TPSA) is 91.7 Å². The summed E-state index contributed by atoms with van der Waals surface area (Å²) in [7, 11) is 0. The molecule has 0 bridgehead atoms. The molecule has 0 aliphatic rings. The molecule has 1 heterocycles. The summed E-state index contributed by atoms with van der Waals surface area (Å²) in [5.41, 5.74) is 3.47. The number of nitrogens with one attached hydrogen (secondary N) is 1. The van der Waals surface area contributed by atoms with Crippen LogP contribution in [-0.4, -0.2) is 27.6 Å². The van der Waals surface area contributed by atoms with Gasteiger partial charge in [0.25, 0.3) is 0 Å². The number of carbonyl (C=O) groups is 1. The summed E-state index contributed by atoms with van der Waals surface area (Å²) in [6, 6.07) is 14.2. The van der Waals surface area contributed by atoms with Crippen LogP contribution in [0.4, 0.5) is 0 Å². The lowest BCUT2D eigenvalue weighted by atomic mass is 10.00. The summed E-state index contributed by atoms with van der Waals surface area (Å²) in [6.07, 6.45) is 5.28. The van der Waals surface area contributed by atoms with E-state index in [1.165, 1.54) is 18.2 Å². The summed E-state index contributed by atoms with van der Waals surface area (Å²) >= 11 is 0. The van der Waals surface area contributed by atoms with Crippen molar-refractivity contribution in [1.82, 2.24) is 10.3 Å². The number of phenols is 2. The zero-order valence-electron chi connectivity index (χ0n) is 15.8. The maximum atomic E-state index is 11.3. The zero-order valence-corrected chi connectivity index (χ0v) is 15.8. The Labute approximate surface area is 169 Å². The predicted molar refractivity (Wildman–Crippen MR) is 111 cm³/mol. The van der Waals surface area contributed by atoms with E-state index in [1.807, 2.05) is 30.3 Å². The molecule has 0 atom stereocenters. The van der Waals surface area contributed by atoms with Crippen LogP contribution in [0.3, 0.4) is 0 Å². The molecule has 1 aromatic heterocycles. The highest BCUT2D eigenvalue weighted by molar-refractivity contribution is 5.86. The van der Waals surface area contributed by atoms with Crippen molar-refractivity contribution in [1.29, 1.82) is 0 Å². The molecule has 0 spiro atoms. The van der Waals surface area contributed by atoms with Crippen molar-refractivity contribution in [2.75, 3.05) is 6.54 Å². The van der Waals surface area contributed by atoms with Gasteiger partial charge in [-0.05, 0) is 65.6 Å². The van der Waals surface area contributed by atoms with Gasteiger partial charge in [-0.25, -0.2) is 0 Å². The number of amides is 1. The number of phenolic OH excluding ortho intramolecular Hbond substituents is 2. The van der Waals surface area contributed by atoms with E-state index in [0.29, 0.717) is 30.9 Å². The molecule has 29 heavy (non-hydrogen) atoms. The van der Waals surface area contributed by atoms with Crippen molar-refractivity contribution < 1.29 is 19.7 Å². The first-order valence-electron chi connectivity index (χ1n) is 9.14. The molecule has 3 N–H and O–H groups in total. The smallest absolute Gasteiger partial charge is 0.243 e. The Morgan fingerprint density at radius 1 is 1.03 bits per heavy atom. The van der Waals surface area contributed by atoms with Crippen LogP contribution >= 0.6 is 0 Å². The minimum Gasteiger partial charge on any atom is -0.504 e. The number of benzene rings is 2. The molecular formula is C23H22N2O4. The molecule has 6 nitrogen and oxygen atoms in total. The Kier molecular flexibility index (Phi) is 6.47. The van der Waals surface area contributed by atoms with Crippen LogP contribution < -0.4 is 10.1 Å². The standard InChI is InChI=1S/C23H22N2O4/c1-2-23(28)25-12-9-16-3-6-22(29-15-17-7-10-24-11-8-17)19(13-16)18-4-5-20(26)21(27)14-18/h2-8,10-11,13-14,26-27H,1,9,12,15H2,(H,25,28). The molecule has 0 saturated carbocycles. The number of hydrogen-bond acceptors (Lipinski definition) is 5. The van der Waals surface area contributed by atoms with E-state index in [2.05, 4.69) is 16.9 Å². The second-order valence-corrected chi connectivity index (χ2v) is 6.42. The average molecular weight is 390 g/mol. The quantitative estimate of drug-likeness (QED) is 0.404. The fraction of sp³-hybridized carbons (Fsp3) is 0.130. The highest BCUT2D eigenvalue weighted by atomic mass is 16.5. The van der Waals surface area contributed by atoms with Gasteiger partial charge in [0.05, 0.1) is 0 Å². The van der Waals surface area contributed by atoms with E-state index in [-0.39, 0.29) is 17.4 Å². The summed E-state index contributed by atoms with van der Waals surface area (Å²) in [6.45, 7) is 4.28. The number of pyridine rings is 1. The van der Waals surface area contributed by atoms with Crippen molar-refractivity contribution in [2.45, 2.75) is 13.0 Å². The molecule has 6 heteroatoms. The van der Waals surface area contributed by atoms with Gasteiger partial charge < -0.3 is 20.3 Å². The molecule has 148 valence electrons. The van der Waals surface area contributed by atoms with Gasteiger partial charge in [0.15, 0.2) is 11.5 Å². The Balaban J connectivity index is 1.86. The Bertz CT molecular complexity index is 1000. The predicted octanol–water partition coefficient (Wildman–Crippen LogP) is 3.58. The van der Waals surface area contributed by atoms with Gasteiger partial charge in [-0.2, -0.15) is 0 Å². The third kappa shape index (κ3) is 5.35. The Morgan fingerprint density at radius 2 is 1.83 bits per heavy atom. The molecule has 0 saturated heterocycles. The van der Waals surface area contributed by atoms with Gasteiger partial charge in [0.2, 0.25) is 5.91 Å². The number of ether oxygens (including phenoxy) is 1. The van der Waals surface area contributed by atoms with Crippen LogP contribution in [0.1, 0.15) is 11.1 Å². The normalized spacial score (nSPS) is 10.3. The van der Waals surface area contributed by atoms with Crippen LogP contribution in [0, 0.1) is 0 Å². The maximum Gasteiger partial charge on any atom is 0.243 e. The number of nitrogens with zero attached hydrogens (tertiary/aromatic N) is 1. The SMILES string of the molecule is C=CC(=O)NCCc1ccc(OCc2ccncc2)c(-c2ccc(O)c(O)c2)c1. The van der Waals surface area contributed by atoms with Gasteiger partial charge in [-0.15, -0.1) is 0 Å². The molecule has 0 aliphatic heterocycles. The highest BCUT2D eigenvalue weighted by Gasteiger charge is 2.11. The van der Waals surface area contributed by atoms with E-state index in [0.717, 1.165) is 16.7 Å². The first kappa shape index (κ1) is 19.9. The summed E-state index contributed by atoms with van der Waals surface area (Å²) in [4.78, 5) is 15.3. The minimum absolute atomic E-state index is 0.184. The minimum atomic E-state index is -0.217. The molecule has 0 fully saturated rings. The molecule has 3 rings (SSSR count). The van der Waals surface area contributed by atoms with Crippen molar-refractivity contribution in [2.24, 2.45) is 0 Å². The molecule has 0 radical (unpaired) electrons. The number of aromatic nitrogens is 1. The van der Waals surface area contributed by atoms with E-state index >= 15 is 0 Å². The maximum absolute atomic E-state index is 11.3. The van der Waals surface area contributed by atoms with E-state index in [4.69, 9.17) is 4.74 Å². The Morgan fingerprint density at radius 3 is 2.55 bits per heavy atom. The molecule has 2 aromatic carbocycles. The first-order valence-corrected chi connectivity index (χ1v) is 9.14. The fourth-order valence-corrected chi connectivity index (χ4v) is 2.82. The third-order valence-electron chi connectivity index (χ3n) is 4.37. The molecular weight excluding hydrogens is 368 g/mol. The highest BCUT2D eigenvalue weighted by Crippen LogP contribution is 2.36. The van der Waals surface area contributed by atoms with Crippen molar-refractivity contribution >= 4 is 5.91 Å². The molecule has 0 unspecified atom stereocenters. The van der Waals surface area contributed by atoms with Gasteiger partial charge in [-0.1, -0.05) is 18.7 Å². The number of rotatable bonds is 8.